The summed E-state index contributed by atoms with van der Waals surface area (Å²) in [5.74, 6) is -0.221. The van der Waals surface area contributed by atoms with Gasteiger partial charge >= 0.3 is 0 Å². The summed E-state index contributed by atoms with van der Waals surface area (Å²) >= 11 is 0. The van der Waals surface area contributed by atoms with Crippen molar-refractivity contribution >= 4 is 17.5 Å². The van der Waals surface area contributed by atoms with Crippen LogP contribution in [0.3, 0.4) is 0 Å². The van der Waals surface area contributed by atoms with Crippen LogP contribution in [0.2, 0.25) is 0 Å². The van der Waals surface area contributed by atoms with Gasteiger partial charge in [-0.1, -0.05) is 12.1 Å². The van der Waals surface area contributed by atoms with E-state index in [9.17, 15) is 14.9 Å². The average molecular weight is 221 g/mol. The Balaban J connectivity index is 3.24. The second-order valence-corrected chi connectivity index (χ2v) is 3.17. The molecule has 1 rings (SSSR count). The smallest absolute Gasteiger partial charge is 0.277 e. The van der Waals surface area contributed by atoms with Crippen molar-refractivity contribution in [1.29, 1.82) is 0 Å². The highest BCUT2D eigenvalue weighted by Gasteiger charge is 2.13. The van der Waals surface area contributed by atoms with E-state index >= 15 is 0 Å². The second-order valence-electron chi connectivity index (χ2n) is 3.17. The van der Waals surface area contributed by atoms with Gasteiger partial charge in [0.2, 0.25) is 0 Å². The fourth-order valence-electron chi connectivity index (χ4n) is 1.24. The van der Waals surface area contributed by atoms with Crippen LogP contribution in [-0.2, 0) is 0 Å². The lowest BCUT2D eigenvalue weighted by molar-refractivity contribution is -0.385. The average Bonchev–Trinajstić information content (AvgIpc) is 2.25. The van der Waals surface area contributed by atoms with Crippen LogP contribution >= 0.6 is 0 Å². The van der Waals surface area contributed by atoms with Crippen molar-refractivity contribution in [1.82, 2.24) is 0 Å². The molecule has 0 saturated heterocycles. The molecular formula is C11H11NO4. The van der Waals surface area contributed by atoms with Crippen LogP contribution in [-0.4, -0.2) is 22.4 Å². The minimum atomic E-state index is -0.552. The molecule has 0 heterocycles. The Bertz CT molecular complexity index is 451. The number of nitro groups is 1. The maximum Gasteiger partial charge on any atom is 0.277 e. The van der Waals surface area contributed by atoms with Gasteiger partial charge in [-0.3, -0.25) is 14.9 Å². The van der Waals surface area contributed by atoms with Crippen molar-refractivity contribution in [3.05, 3.63) is 45.5 Å². The fraction of sp³-hybridized carbons (Fsp3) is 0.182. The second kappa shape index (κ2) is 5.18. The van der Waals surface area contributed by atoms with Crippen LogP contribution in [0.1, 0.15) is 22.8 Å². The van der Waals surface area contributed by atoms with Gasteiger partial charge in [0.15, 0.2) is 5.78 Å². The Hall–Kier alpha value is -2.01. The number of carbonyl (C=O) groups excluding carboxylic acids is 1. The van der Waals surface area contributed by atoms with Gasteiger partial charge in [-0.25, -0.2) is 0 Å². The maximum absolute atomic E-state index is 11.1. The summed E-state index contributed by atoms with van der Waals surface area (Å²) < 4.78 is 0. The van der Waals surface area contributed by atoms with Crippen molar-refractivity contribution in [3.8, 4) is 0 Å². The Kier molecular flexibility index (Phi) is 3.90. The summed E-state index contributed by atoms with van der Waals surface area (Å²) in [6, 6.07) is 4.24. The van der Waals surface area contributed by atoms with E-state index in [1.807, 2.05) is 0 Å². The lowest BCUT2D eigenvalue weighted by Gasteiger charge is -2.00. The first-order chi connectivity index (χ1) is 7.56. The van der Waals surface area contributed by atoms with E-state index in [0.29, 0.717) is 11.1 Å². The van der Waals surface area contributed by atoms with Gasteiger partial charge in [-0.2, -0.15) is 0 Å². The Morgan fingerprint density at radius 3 is 2.75 bits per heavy atom. The van der Waals surface area contributed by atoms with Gasteiger partial charge in [-0.05, 0) is 19.1 Å². The van der Waals surface area contributed by atoms with Gasteiger partial charge in [0.25, 0.3) is 5.69 Å². The fourth-order valence-corrected chi connectivity index (χ4v) is 1.24. The molecule has 0 saturated carbocycles. The van der Waals surface area contributed by atoms with Gasteiger partial charge in [0.05, 0.1) is 17.1 Å². The summed E-state index contributed by atoms with van der Waals surface area (Å²) in [5, 5.41) is 19.3. The molecule has 84 valence electrons. The number of rotatable bonds is 4. The van der Waals surface area contributed by atoms with Crippen molar-refractivity contribution in [2.45, 2.75) is 6.92 Å². The van der Waals surface area contributed by atoms with Gasteiger partial charge < -0.3 is 5.11 Å². The van der Waals surface area contributed by atoms with Crippen molar-refractivity contribution in [3.63, 3.8) is 0 Å². The number of Topliss-reactive ketones (excluding diaryl/α,β-unsaturated/α-hetero) is 1. The number of aliphatic hydroxyl groups excluding tert-OH is 1. The van der Waals surface area contributed by atoms with E-state index in [2.05, 4.69) is 0 Å². The number of nitro benzene ring substituents is 1. The molecule has 0 radical (unpaired) electrons. The molecule has 5 heteroatoms. The van der Waals surface area contributed by atoms with Crippen molar-refractivity contribution < 1.29 is 14.8 Å². The SMILES string of the molecule is CC(=O)c1ccc(C=CCO)c([N+](=O)[O-])c1. The van der Waals surface area contributed by atoms with E-state index in [-0.39, 0.29) is 18.1 Å². The third-order valence-electron chi connectivity index (χ3n) is 2.04. The first kappa shape index (κ1) is 12.1. The zero-order valence-electron chi connectivity index (χ0n) is 8.71. The standard InChI is InChI=1S/C11H11NO4/c1-8(14)10-5-4-9(3-2-6-13)11(7-10)12(15)16/h2-5,7,13H,6H2,1H3. The normalized spacial score (nSPS) is 10.6. The van der Waals surface area contributed by atoms with Crippen molar-refractivity contribution in [2.75, 3.05) is 6.61 Å². The molecule has 0 spiro atoms. The molecule has 0 aliphatic rings. The van der Waals surface area contributed by atoms with E-state index in [1.54, 1.807) is 0 Å². The molecule has 16 heavy (non-hydrogen) atoms. The lowest BCUT2D eigenvalue weighted by atomic mass is 10.1. The lowest BCUT2D eigenvalue weighted by Crippen LogP contribution is -1.97. The number of hydrogen-bond donors (Lipinski definition) is 1. The first-order valence-corrected chi connectivity index (χ1v) is 4.63. The summed E-state index contributed by atoms with van der Waals surface area (Å²) in [4.78, 5) is 21.3. The van der Waals surface area contributed by atoms with Crippen LogP contribution in [0.5, 0.6) is 0 Å². The molecule has 0 fully saturated rings. The molecule has 0 bridgehead atoms. The molecule has 5 nitrogen and oxygen atoms in total. The molecule has 1 aromatic rings. The molecular weight excluding hydrogens is 210 g/mol. The largest absolute Gasteiger partial charge is 0.392 e. The predicted octanol–water partition coefficient (Wildman–Crippen LogP) is 1.80. The van der Waals surface area contributed by atoms with E-state index in [0.717, 1.165) is 0 Å². The van der Waals surface area contributed by atoms with Crippen LogP contribution in [0.4, 0.5) is 5.69 Å². The molecule has 1 aromatic carbocycles. The van der Waals surface area contributed by atoms with E-state index in [4.69, 9.17) is 5.11 Å². The van der Waals surface area contributed by atoms with Crippen molar-refractivity contribution in [2.24, 2.45) is 0 Å². The van der Waals surface area contributed by atoms with Crippen LogP contribution in [0.25, 0.3) is 6.08 Å². The van der Waals surface area contributed by atoms with Crippen LogP contribution in [0, 0.1) is 10.1 Å². The van der Waals surface area contributed by atoms with E-state index < -0.39 is 4.92 Å². The molecule has 0 unspecified atom stereocenters. The predicted molar refractivity (Wildman–Crippen MR) is 59.2 cm³/mol. The molecule has 0 aliphatic carbocycles. The van der Waals surface area contributed by atoms with Gasteiger partial charge in [0, 0.05) is 11.6 Å². The molecule has 0 atom stereocenters. The number of benzene rings is 1. The highest BCUT2D eigenvalue weighted by molar-refractivity contribution is 5.95. The quantitative estimate of drug-likeness (QED) is 0.477. The summed E-state index contributed by atoms with van der Waals surface area (Å²) in [6.07, 6.45) is 2.85. The third-order valence-corrected chi connectivity index (χ3v) is 2.04. The summed E-state index contributed by atoms with van der Waals surface area (Å²) in [7, 11) is 0. The van der Waals surface area contributed by atoms with Gasteiger partial charge in [0.1, 0.15) is 0 Å². The summed E-state index contributed by atoms with van der Waals surface area (Å²) in [6.45, 7) is 1.16. The Labute approximate surface area is 92.2 Å². The summed E-state index contributed by atoms with van der Waals surface area (Å²) in [5.41, 5.74) is 0.522. The van der Waals surface area contributed by atoms with Gasteiger partial charge in [-0.15, -0.1) is 0 Å². The molecule has 0 aliphatic heterocycles. The third kappa shape index (κ3) is 2.74. The minimum Gasteiger partial charge on any atom is -0.392 e. The maximum atomic E-state index is 11.1. The zero-order chi connectivity index (χ0) is 12.1. The number of aliphatic hydroxyl groups is 1. The zero-order valence-corrected chi connectivity index (χ0v) is 8.71. The number of carbonyl (C=O) groups is 1. The van der Waals surface area contributed by atoms with E-state index in [1.165, 1.54) is 37.3 Å². The highest BCUT2D eigenvalue weighted by Crippen LogP contribution is 2.21. The minimum absolute atomic E-state index is 0.141. The van der Waals surface area contributed by atoms with Crippen LogP contribution in [0.15, 0.2) is 24.3 Å². The molecule has 1 N–H and O–H groups in total. The van der Waals surface area contributed by atoms with Crippen LogP contribution < -0.4 is 0 Å². The number of ketones is 1. The Morgan fingerprint density at radius 1 is 1.56 bits per heavy atom. The topological polar surface area (TPSA) is 80.4 Å². The molecule has 0 aromatic heterocycles. The number of nitrogens with zero attached hydrogens (tertiary/aromatic N) is 1. The first-order valence-electron chi connectivity index (χ1n) is 4.63. The molecule has 0 amide bonds. The Morgan fingerprint density at radius 2 is 2.25 bits per heavy atom. The monoisotopic (exact) mass is 221 g/mol. The highest BCUT2D eigenvalue weighted by atomic mass is 16.6. The number of hydrogen-bond acceptors (Lipinski definition) is 4.